The molecule has 2 aliphatic rings. The van der Waals surface area contributed by atoms with Gasteiger partial charge in [0.05, 0.1) is 31.5 Å². The highest BCUT2D eigenvalue weighted by atomic mass is 32.2. The van der Waals surface area contributed by atoms with E-state index >= 15 is 0 Å². The van der Waals surface area contributed by atoms with E-state index in [2.05, 4.69) is 19.6 Å². The van der Waals surface area contributed by atoms with E-state index in [0.717, 1.165) is 0 Å². The summed E-state index contributed by atoms with van der Waals surface area (Å²) in [5.41, 5.74) is 2.25. The highest BCUT2D eigenvalue weighted by Gasteiger charge is 2.49. The van der Waals surface area contributed by atoms with Gasteiger partial charge in [0.15, 0.2) is 6.10 Å². The third-order valence-corrected chi connectivity index (χ3v) is 7.00. The molecule has 0 aliphatic carbocycles. The Kier molecular flexibility index (Phi) is 6.92. The molecule has 1 aromatic heterocycles. The van der Waals surface area contributed by atoms with Crippen LogP contribution in [-0.4, -0.2) is 78.5 Å². The van der Waals surface area contributed by atoms with Gasteiger partial charge in [-0.15, -0.1) is 0 Å². The van der Waals surface area contributed by atoms with Crippen molar-refractivity contribution in [3.8, 4) is 11.5 Å². The highest BCUT2D eigenvalue weighted by Crippen LogP contribution is 2.41. The Morgan fingerprint density at radius 2 is 1.84 bits per heavy atom. The monoisotopic (exact) mass is 532 g/mol. The third kappa shape index (κ3) is 5.06. The molecule has 0 amide bonds. The zero-order valence-electron chi connectivity index (χ0n) is 21.2. The standard InChI is InChI=1S/C25H29FN4O6S/c1-13-21-16(9-17(22(13)33-3)30-37(4,5)31)27-12-28-25(21)29-15-7-6-14(26)8-18(15)36-20-11-35-23-19(32-2)10-34-24(20)23/h6-9,12,19-20,23-24H,10-11H2,1-5H3,(H,27,28,29)/t19-,20-,23-,24-/m1/s1. The molecule has 5 rings (SSSR count). The summed E-state index contributed by atoms with van der Waals surface area (Å²) in [7, 11) is 0.712. The first-order valence-electron chi connectivity index (χ1n) is 11.7. The lowest BCUT2D eigenvalue weighted by molar-refractivity contribution is -0.0138. The van der Waals surface area contributed by atoms with Crippen LogP contribution in [-0.2, 0) is 23.9 Å². The van der Waals surface area contributed by atoms with E-state index in [1.807, 2.05) is 6.92 Å². The minimum Gasteiger partial charge on any atom is -0.494 e. The number of fused-ring (bicyclic) bond motifs is 2. The number of aromatic nitrogens is 2. The lowest BCUT2D eigenvalue weighted by Gasteiger charge is -2.21. The van der Waals surface area contributed by atoms with Crippen molar-refractivity contribution < 1.29 is 32.3 Å². The van der Waals surface area contributed by atoms with Crippen molar-refractivity contribution in [1.29, 1.82) is 0 Å². The minimum absolute atomic E-state index is 0.167. The lowest BCUT2D eigenvalue weighted by Crippen LogP contribution is -2.35. The van der Waals surface area contributed by atoms with Crippen LogP contribution in [0.25, 0.3) is 10.9 Å². The van der Waals surface area contributed by atoms with Gasteiger partial charge < -0.3 is 29.0 Å². The SMILES string of the molecule is COc1c(N=S(C)(C)=O)cc2ncnc(Nc3ccc(F)cc3O[C@@H]3CO[C@H]4[C@@H]3OC[C@H]4OC)c2c1C. The van der Waals surface area contributed by atoms with Gasteiger partial charge >= 0.3 is 0 Å². The summed E-state index contributed by atoms with van der Waals surface area (Å²) in [5, 5.41) is 3.94. The molecule has 0 bridgehead atoms. The van der Waals surface area contributed by atoms with Crippen molar-refractivity contribution in [2.75, 3.05) is 45.3 Å². The summed E-state index contributed by atoms with van der Waals surface area (Å²) in [6, 6.07) is 5.94. The van der Waals surface area contributed by atoms with Gasteiger partial charge in [-0.05, 0) is 25.1 Å². The summed E-state index contributed by atoms with van der Waals surface area (Å²) < 4.78 is 59.9. The van der Waals surface area contributed by atoms with Crippen molar-refractivity contribution in [2.45, 2.75) is 31.3 Å². The van der Waals surface area contributed by atoms with Gasteiger partial charge in [0.25, 0.3) is 0 Å². The Hall–Kier alpha value is -3.06. The average Bonchev–Trinajstić information content (AvgIpc) is 3.42. The number of aryl methyl sites for hydroxylation is 1. The van der Waals surface area contributed by atoms with E-state index in [0.29, 0.717) is 58.4 Å². The molecule has 2 saturated heterocycles. The summed E-state index contributed by atoms with van der Waals surface area (Å²) >= 11 is 0. The fourth-order valence-electron chi connectivity index (χ4n) is 4.76. The number of benzene rings is 2. The molecule has 3 heterocycles. The van der Waals surface area contributed by atoms with Crippen molar-refractivity contribution in [3.05, 3.63) is 42.0 Å². The number of anilines is 2. The molecule has 10 nitrogen and oxygen atoms in total. The smallest absolute Gasteiger partial charge is 0.151 e. The van der Waals surface area contributed by atoms with Gasteiger partial charge in [0, 0.05) is 46.4 Å². The van der Waals surface area contributed by atoms with Crippen molar-refractivity contribution >= 4 is 37.8 Å². The second kappa shape index (κ2) is 10.0. The highest BCUT2D eigenvalue weighted by molar-refractivity contribution is 7.92. The van der Waals surface area contributed by atoms with E-state index in [1.54, 1.807) is 31.8 Å². The van der Waals surface area contributed by atoms with Crippen LogP contribution in [0.2, 0.25) is 0 Å². The van der Waals surface area contributed by atoms with Crippen molar-refractivity contribution in [1.82, 2.24) is 9.97 Å². The fourth-order valence-corrected chi connectivity index (χ4v) is 5.37. The van der Waals surface area contributed by atoms with Gasteiger partial charge in [0.1, 0.15) is 53.5 Å². The summed E-state index contributed by atoms with van der Waals surface area (Å²) in [6.45, 7) is 2.55. The molecule has 0 spiro atoms. The van der Waals surface area contributed by atoms with Gasteiger partial charge in [-0.25, -0.2) is 18.6 Å². The van der Waals surface area contributed by atoms with Gasteiger partial charge in [-0.1, -0.05) is 0 Å². The fraction of sp³-hybridized carbons (Fsp3) is 0.440. The Bertz CT molecular complexity index is 1450. The Morgan fingerprint density at radius 3 is 2.54 bits per heavy atom. The van der Waals surface area contributed by atoms with Crippen LogP contribution in [0.4, 0.5) is 21.6 Å². The van der Waals surface area contributed by atoms with E-state index in [9.17, 15) is 8.60 Å². The first-order valence-corrected chi connectivity index (χ1v) is 14.0. The molecule has 1 N–H and O–H groups in total. The maximum absolute atomic E-state index is 14.3. The van der Waals surface area contributed by atoms with Crippen molar-refractivity contribution in [2.24, 2.45) is 4.36 Å². The van der Waals surface area contributed by atoms with Crippen LogP contribution in [0.5, 0.6) is 11.5 Å². The second-order valence-electron chi connectivity index (χ2n) is 9.23. The molecule has 12 heteroatoms. The van der Waals surface area contributed by atoms with Crippen LogP contribution in [0.15, 0.2) is 35.0 Å². The molecule has 2 fully saturated rings. The van der Waals surface area contributed by atoms with E-state index < -0.39 is 21.7 Å². The Balaban J connectivity index is 1.51. The molecule has 2 aromatic carbocycles. The summed E-state index contributed by atoms with van der Waals surface area (Å²) in [4.78, 5) is 8.82. The minimum atomic E-state index is -2.43. The van der Waals surface area contributed by atoms with Gasteiger partial charge in [-0.3, -0.25) is 0 Å². The second-order valence-corrected chi connectivity index (χ2v) is 11.8. The first-order chi connectivity index (χ1) is 17.7. The predicted octanol–water partition coefficient (Wildman–Crippen LogP) is 3.75. The Labute approximate surface area is 214 Å². The van der Waals surface area contributed by atoms with Crippen LogP contribution >= 0.6 is 0 Å². The number of hydrogen-bond acceptors (Lipinski definition) is 10. The number of hydrogen-bond donors (Lipinski definition) is 1. The van der Waals surface area contributed by atoms with E-state index in [1.165, 1.54) is 25.6 Å². The molecular formula is C25H29FN4O6S. The van der Waals surface area contributed by atoms with Crippen LogP contribution in [0.3, 0.4) is 0 Å². The Morgan fingerprint density at radius 1 is 1.11 bits per heavy atom. The summed E-state index contributed by atoms with van der Waals surface area (Å²) in [5.74, 6) is 0.781. The quantitative estimate of drug-likeness (QED) is 0.486. The summed E-state index contributed by atoms with van der Waals surface area (Å²) in [6.07, 6.45) is 3.37. The lowest BCUT2D eigenvalue weighted by atomic mass is 10.1. The van der Waals surface area contributed by atoms with Crippen LogP contribution < -0.4 is 14.8 Å². The first kappa shape index (κ1) is 25.6. The maximum atomic E-state index is 14.3. The van der Waals surface area contributed by atoms with Crippen LogP contribution in [0.1, 0.15) is 5.56 Å². The normalized spacial score (nSPS) is 23.2. The predicted molar refractivity (Wildman–Crippen MR) is 137 cm³/mol. The topological polar surface area (TPSA) is 113 Å². The van der Waals surface area contributed by atoms with E-state index in [-0.39, 0.29) is 18.3 Å². The van der Waals surface area contributed by atoms with Crippen LogP contribution in [0, 0.1) is 12.7 Å². The molecule has 0 radical (unpaired) electrons. The maximum Gasteiger partial charge on any atom is 0.151 e. The molecule has 37 heavy (non-hydrogen) atoms. The molecule has 2 aliphatic heterocycles. The molecule has 0 saturated carbocycles. The molecule has 4 atom stereocenters. The average molecular weight is 533 g/mol. The zero-order valence-corrected chi connectivity index (χ0v) is 22.0. The zero-order chi connectivity index (χ0) is 26.3. The number of rotatable bonds is 7. The van der Waals surface area contributed by atoms with Gasteiger partial charge in [0.2, 0.25) is 0 Å². The van der Waals surface area contributed by atoms with Gasteiger partial charge in [-0.2, -0.15) is 4.36 Å². The molecular weight excluding hydrogens is 503 g/mol. The van der Waals surface area contributed by atoms with Crippen molar-refractivity contribution in [3.63, 3.8) is 0 Å². The third-order valence-electron chi connectivity index (χ3n) is 6.36. The number of nitrogens with one attached hydrogen (secondary N) is 1. The largest absolute Gasteiger partial charge is 0.494 e. The van der Waals surface area contributed by atoms with E-state index in [4.69, 9.17) is 23.7 Å². The number of methoxy groups -OCH3 is 2. The number of ether oxygens (including phenoxy) is 5. The molecule has 198 valence electrons. The molecule has 3 aromatic rings. The number of halogens is 1. The molecule has 0 unspecified atom stereocenters. The number of nitrogens with zero attached hydrogens (tertiary/aromatic N) is 3.